The predicted molar refractivity (Wildman–Crippen MR) is 77.7 cm³/mol. The van der Waals surface area contributed by atoms with Crippen molar-refractivity contribution < 1.29 is 9.53 Å². The second-order valence-electron chi connectivity index (χ2n) is 5.32. The van der Waals surface area contributed by atoms with E-state index in [2.05, 4.69) is 4.98 Å². The summed E-state index contributed by atoms with van der Waals surface area (Å²) in [6.07, 6.45) is 1.95. The highest BCUT2D eigenvalue weighted by atomic mass is 16.5. The molecule has 0 radical (unpaired) electrons. The third kappa shape index (κ3) is 1.94. The molecule has 5 heteroatoms. The molecule has 3 N–H and O–H groups in total. The maximum Gasteiger partial charge on any atom is 0.240 e. The summed E-state index contributed by atoms with van der Waals surface area (Å²) in [5, 5.41) is 1.13. The minimum atomic E-state index is -0.383. The molecule has 3 rings (SSSR count). The number of carbonyl (C=O) groups excluding carboxylic acids is 1. The summed E-state index contributed by atoms with van der Waals surface area (Å²) in [6.45, 7) is 0.863. The van der Waals surface area contributed by atoms with Crippen molar-refractivity contribution in [3.05, 3.63) is 29.5 Å². The van der Waals surface area contributed by atoms with Gasteiger partial charge in [-0.2, -0.15) is 0 Å². The molecule has 2 heterocycles. The van der Waals surface area contributed by atoms with Crippen LogP contribution in [0.1, 0.15) is 23.7 Å². The number of likely N-dealkylation sites (N-methyl/N-ethyl adjacent to an activating group) is 1. The van der Waals surface area contributed by atoms with Crippen molar-refractivity contribution in [1.82, 2.24) is 9.88 Å². The van der Waals surface area contributed by atoms with Gasteiger partial charge in [0, 0.05) is 16.6 Å². The Morgan fingerprint density at radius 3 is 3.00 bits per heavy atom. The quantitative estimate of drug-likeness (QED) is 0.872. The van der Waals surface area contributed by atoms with Gasteiger partial charge in [-0.25, -0.2) is 0 Å². The van der Waals surface area contributed by atoms with Gasteiger partial charge in [0.15, 0.2) is 0 Å². The molecule has 0 spiro atoms. The van der Waals surface area contributed by atoms with Gasteiger partial charge in [0.05, 0.1) is 7.11 Å². The van der Waals surface area contributed by atoms with Crippen LogP contribution in [0.3, 0.4) is 0 Å². The van der Waals surface area contributed by atoms with Crippen LogP contribution in [-0.2, 0) is 11.2 Å². The van der Waals surface area contributed by atoms with Crippen LogP contribution in [0.25, 0.3) is 10.9 Å². The van der Waals surface area contributed by atoms with Crippen molar-refractivity contribution >= 4 is 16.8 Å². The van der Waals surface area contributed by atoms with Gasteiger partial charge in [-0.3, -0.25) is 9.69 Å². The first-order chi connectivity index (χ1) is 9.61. The number of carbonyl (C=O) groups is 1. The molecule has 0 fully saturated rings. The van der Waals surface area contributed by atoms with E-state index in [9.17, 15) is 4.79 Å². The molecule has 0 bridgehead atoms. The molecule has 106 valence electrons. The van der Waals surface area contributed by atoms with Gasteiger partial charge in [-0.05, 0) is 50.2 Å². The lowest BCUT2D eigenvalue weighted by molar-refractivity contribution is -0.123. The average Bonchev–Trinajstić information content (AvgIpc) is 2.67. The largest absolute Gasteiger partial charge is 0.497 e. The number of H-pyrrole nitrogens is 1. The first kappa shape index (κ1) is 13.0. The molecule has 2 aromatic rings. The highest BCUT2D eigenvalue weighted by Gasteiger charge is 2.30. The first-order valence-electron chi connectivity index (χ1n) is 6.80. The third-order valence-electron chi connectivity index (χ3n) is 4.07. The summed E-state index contributed by atoms with van der Waals surface area (Å²) < 4.78 is 5.29. The Kier molecular flexibility index (Phi) is 3.14. The van der Waals surface area contributed by atoms with E-state index in [0.717, 1.165) is 41.7 Å². The monoisotopic (exact) mass is 273 g/mol. The molecule has 0 aliphatic carbocycles. The van der Waals surface area contributed by atoms with Crippen LogP contribution in [-0.4, -0.2) is 36.5 Å². The number of primary amides is 1. The normalized spacial score (nSPS) is 19.6. The number of fused-ring (bicyclic) bond motifs is 3. The number of hydrogen-bond donors (Lipinski definition) is 2. The fourth-order valence-electron chi connectivity index (χ4n) is 3.09. The molecule has 0 saturated carbocycles. The van der Waals surface area contributed by atoms with Crippen LogP contribution in [0.2, 0.25) is 0 Å². The summed E-state index contributed by atoms with van der Waals surface area (Å²) >= 11 is 0. The number of nitrogens with one attached hydrogen (secondary N) is 1. The van der Waals surface area contributed by atoms with Crippen molar-refractivity contribution in [2.75, 3.05) is 20.7 Å². The SMILES string of the molecule is COc1ccc2[nH]c3c(c2c1)CCCN(C)C3C(N)=O. The number of methoxy groups -OCH3 is 1. The van der Waals surface area contributed by atoms with Crippen molar-refractivity contribution in [2.45, 2.75) is 18.9 Å². The highest BCUT2D eigenvalue weighted by molar-refractivity contribution is 5.90. The van der Waals surface area contributed by atoms with Gasteiger partial charge in [0.25, 0.3) is 0 Å². The van der Waals surface area contributed by atoms with Crippen LogP contribution in [0.4, 0.5) is 0 Å². The number of ether oxygens (including phenoxy) is 1. The summed E-state index contributed by atoms with van der Waals surface area (Å²) in [5.74, 6) is 0.515. The van der Waals surface area contributed by atoms with E-state index >= 15 is 0 Å². The molecular formula is C15H19N3O2. The second-order valence-corrected chi connectivity index (χ2v) is 5.32. The van der Waals surface area contributed by atoms with Crippen molar-refractivity contribution in [3.8, 4) is 5.75 Å². The Bertz CT molecular complexity index is 662. The molecular weight excluding hydrogens is 254 g/mol. The summed E-state index contributed by atoms with van der Waals surface area (Å²) in [5.41, 5.74) is 8.74. The Labute approximate surface area is 117 Å². The van der Waals surface area contributed by atoms with E-state index in [4.69, 9.17) is 10.5 Å². The fourth-order valence-corrected chi connectivity index (χ4v) is 3.09. The molecule has 1 aromatic carbocycles. The number of hydrogen-bond acceptors (Lipinski definition) is 3. The van der Waals surface area contributed by atoms with E-state index in [1.165, 1.54) is 5.56 Å². The van der Waals surface area contributed by atoms with E-state index in [1.807, 2.05) is 30.1 Å². The lowest BCUT2D eigenvalue weighted by atomic mass is 10.0. The lowest BCUT2D eigenvalue weighted by Crippen LogP contribution is -2.35. The standard InChI is InChI=1S/C15H19N3O2/c1-18-7-3-4-10-11-8-9(20-2)5-6-12(11)17-13(10)14(18)15(16)19/h5-6,8,14,17H,3-4,7H2,1-2H3,(H2,16,19). The number of nitrogens with zero attached hydrogens (tertiary/aromatic N) is 1. The molecule has 20 heavy (non-hydrogen) atoms. The molecule has 5 nitrogen and oxygen atoms in total. The molecule has 1 aromatic heterocycles. The molecule has 1 aliphatic rings. The highest BCUT2D eigenvalue weighted by Crippen LogP contribution is 2.34. The minimum absolute atomic E-state index is 0.311. The Morgan fingerprint density at radius 2 is 2.30 bits per heavy atom. The Morgan fingerprint density at radius 1 is 1.50 bits per heavy atom. The van der Waals surface area contributed by atoms with Gasteiger partial charge < -0.3 is 15.5 Å². The Hall–Kier alpha value is -2.01. The fraction of sp³-hybridized carbons (Fsp3) is 0.400. The van der Waals surface area contributed by atoms with Crippen LogP contribution < -0.4 is 10.5 Å². The number of amides is 1. The van der Waals surface area contributed by atoms with E-state index < -0.39 is 0 Å². The number of rotatable bonds is 2. The van der Waals surface area contributed by atoms with Gasteiger partial charge >= 0.3 is 0 Å². The van der Waals surface area contributed by atoms with Gasteiger partial charge in [-0.1, -0.05) is 0 Å². The van der Waals surface area contributed by atoms with Gasteiger partial charge in [0.2, 0.25) is 5.91 Å². The van der Waals surface area contributed by atoms with E-state index in [-0.39, 0.29) is 11.9 Å². The average molecular weight is 273 g/mol. The minimum Gasteiger partial charge on any atom is -0.497 e. The zero-order valence-corrected chi connectivity index (χ0v) is 11.8. The maximum atomic E-state index is 11.8. The first-order valence-corrected chi connectivity index (χ1v) is 6.80. The molecule has 1 aliphatic heterocycles. The third-order valence-corrected chi connectivity index (χ3v) is 4.07. The smallest absolute Gasteiger partial charge is 0.240 e. The predicted octanol–water partition coefficient (Wildman–Crippen LogP) is 1.58. The van der Waals surface area contributed by atoms with Gasteiger partial charge in [0.1, 0.15) is 11.8 Å². The number of aromatic amines is 1. The van der Waals surface area contributed by atoms with Gasteiger partial charge in [-0.15, -0.1) is 0 Å². The van der Waals surface area contributed by atoms with E-state index in [1.54, 1.807) is 7.11 Å². The topological polar surface area (TPSA) is 71.3 Å². The number of benzene rings is 1. The number of aryl methyl sites for hydroxylation is 1. The van der Waals surface area contributed by atoms with E-state index in [0.29, 0.717) is 0 Å². The zero-order valence-electron chi connectivity index (χ0n) is 11.8. The van der Waals surface area contributed by atoms with Crippen LogP contribution in [0.5, 0.6) is 5.75 Å². The number of aromatic nitrogens is 1. The molecule has 0 saturated heterocycles. The maximum absolute atomic E-state index is 11.8. The summed E-state index contributed by atoms with van der Waals surface area (Å²) in [4.78, 5) is 17.2. The van der Waals surface area contributed by atoms with Crippen molar-refractivity contribution in [2.24, 2.45) is 5.73 Å². The molecule has 1 unspecified atom stereocenters. The Balaban J connectivity index is 2.22. The zero-order chi connectivity index (χ0) is 14.3. The van der Waals surface area contributed by atoms with Crippen molar-refractivity contribution in [3.63, 3.8) is 0 Å². The molecule has 1 amide bonds. The molecule has 1 atom stereocenters. The number of nitrogens with two attached hydrogens (primary N) is 1. The lowest BCUT2D eigenvalue weighted by Gasteiger charge is -2.22. The summed E-state index contributed by atoms with van der Waals surface area (Å²) in [7, 11) is 3.60. The van der Waals surface area contributed by atoms with Crippen LogP contribution >= 0.6 is 0 Å². The van der Waals surface area contributed by atoms with Crippen molar-refractivity contribution in [1.29, 1.82) is 0 Å². The second kappa shape index (κ2) is 4.83. The van der Waals surface area contributed by atoms with Crippen LogP contribution in [0, 0.1) is 0 Å². The van der Waals surface area contributed by atoms with Crippen LogP contribution in [0.15, 0.2) is 18.2 Å². The summed E-state index contributed by atoms with van der Waals surface area (Å²) in [6, 6.07) is 5.54.